The fourth-order valence-electron chi connectivity index (χ4n) is 0.220. The highest BCUT2D eigenvalue weighted by molar-refractivity contribution is 5.77. The Morgan fingerprint density at radius 2 is 1.60 bits per heavy atom. The van der Waals surface area contributed by atoms with E-state index in [0.29, 0.717) is 0 Å². The topological polar surface area (TPSA) is 12.4 Å². The van der Waals surface area contributed by atoms with Gasteiger partial charge in [-0.3, -0.25) is 4.99 Å². The SMILES string of the molecule is C=C(C)C=NC(=C)C.CC. The van der Waals surface area contributed by atoms with Crippen molar-refractivity contribution in [2.24, 2.45) is 4.99 Å². The molecule has 0 amide bonds. The zero-order valence-electron chi connectivity index (χ0n) is 7.44. The molecule has 1 nitrogen and oxygen atoms in total. The monoisotopic (exact) mass is 139 g/mol. The first-order valence-corrected chi connectivity index (χ1v) is 3.48. The van der Waals surface area contributed by atoms with Crippen molar-refractivity contribution in [3.05, 3.63) is 24.4 Å². The molecule has 0 aromatic heterocycles. The first-order chi connectivity index (χ1) is 4.63. The minimum absolute atomic E-state index is 0.813. The van der Waals surface area contributed by atoms with Crippen molar-refractivity contribution in [3.63, 3.8) is 0 Å². The lowest BCUT2D eigenvalue weighted by Gasteiger charge is -1.84. The molecule has 0 bridgehead atoms. The molecule has 0 aromatic rings. The highest BCUT2D eigenvalue weighted by Gasteiger charge is 1.73. The first kappa shape index (κ1) is 11.9. The molecular weight excluding hydrogens is 122 g/mol. The van der Waals surface area contributed by atoms with E-state index in [0.717, 1.165) is 11.3 Å². The number of hydrogen-bond donors (Lipinski definition) is 0. The average Bonchev–Trinajstić information content (AvgIpc) is 1.89. The normalized spacial score (nSPS) is 8.40. The number of aliphatic imine (C=N–C) groups is 1. The molecule has 1 heteroatoms. The van der Waals surface area contributed by atoms with Gasteiger partial charge >= 0.3 is 0 Å². The minimum atomic E-state index is 0.813. The number of hydrogen-bond acceptors (Lipinski definition) is 1. The molecule has 0 aliphatic carbocycles. The van der Waals surface area contributed by atoms with Crippen LogP contribution < -0.4 is 0 Å². The number of nitrogens with zero attached hydrogens (tertiary/aromatic N) is 1. The van der Waals surface area contributed by atoms with Crippen LogP contribution in [0.3, 0.4) is 0 Å². The molecule has 0 N–H and O–H groups in total. The van der Waals surface area contributed by atoms with E-state index in [1.165, 1.54) is 0 Å². The van der Waals surface area contributed by atoms with E-state index in [1.807, 2.05) is 27.7 Å². The van der Waals surface area contributed by atoms with E-state index in [2.05, 4.69) is 18.2 Å². The van der Waals surface area contributed by atoms with Crippen molar-refractivity contribution in [2.75, 3.05) is 0 Å². The average molecular weight is 139 g/mol. The summed E-state index contributed by atoms with van der Waals surface area (Å²) in [6, 6.07) is 0. The van der Waals surface area contributed by atoms with Crippen LogP contribution in [0.15, 0.2) is 29.4 Å². The van der Waals surface area contributed by atoms with Gasteiger partial charge in [-0.15, -0.1) is 0 Å². The Morgan fingerprint density at radius 1 is 1.20 bits per heavy atom. The molecule has 0 heterocycles. The van der Waals surface area contributed by atoms with Crippen LogP contribution in [-0.4, -0.2) is 6.21 Å². The van der Waals surface area contributed by atoms with Crippen LogP contribution in [-0.2, 0) is 0 Å². The lowest BCUT2D eigenvalue weighted by Crippen LogP contribution is -1.72. The van der Waals surface area contributed by atoms with Gasteiger partial charge in [0.25, 0.3) is 0 Å². The van der Waals surface area contributed by atoms with Crippen molar-refractivity contribution in [3.8, 4) is 0 Å². The molecule has 0 atom stereocenters. The third kappa shape index (κ3) is 15.7. The van der Waals surface area contributed by atoms with Gasteiger partial charge in [0.2, 0.25) is 0 Å². The van der Waals surface area contributed by atoms with Gasteiger partial charge in [0.15, 0.2) is 0 Å². The van der Waals surface area contributed by atoms with E-state index in [1.54, 1.807) is 6.21 Å². The number of allylic oxidation sites excluding steroid dienone is 2. The fourth-order valence-corrected chi connectivity index (χ4v) is 0.220. The van der Waals surface area contributed by atoms with E-state index >= 15 is 0 Å². The molecule has 0 rings (SSSR count). The van der Waals surface area contributed by atoms with E-state index in [-0.39, 0.29) is 0 Å². The molecule has 0 radical (unpaired) electrons. The Hall–Kier alpha value is -0.850. The van der Waals surface area contributed by atoms with Crippen LogP contribution in [0.5, 0.6) is 0 Å². The quantitative estimate of drug-likeness (QED) is 0.521. The summed E-state index contributed by atoms with van der Waals surface area (Å²) in [6.45, 7) is 15.0. The maximum atomic E-state index is 3.91. The maximum absolute atomic E-state index is 3.91. The van der Waals surface area contributed by atoms with Crippen LogP contribution in [0.1, 0.15) is 27.7 Å². The second-order valence-corrected chi connectivity index (χ2v) is 1.84. The van der Waals surface area contributed by atoms with Gasteiger partial charge in [-0.2, -0.15) is 0 Å². The molecule has 0 fully saturated rings. The summed E-state index contributed by atoms with van der Waals surface area (Å²) in [6.07, 6.45) is 1.70. The molecule has 0 spiro atoms. The molecule has 0 saturated heterocycles. The third-order valence-electron chi connectivity index (χ3n) is 0.505. The van der Waals surface area contributed by atoms with Crippen molar-refractivity contribution < 1.29 is 0 Å². The van der Waals surface area contributed by atoms with Gasteiger partial charge in [-0.25, -0.2) is 0 Å². The van der Waals surface area contributed by atoms with Crippen LogP contribution in [0.4, 0.5) is 0 Å². The predicted octanol–water partition coefficient (Wildman–Crippen LogP) is 3.19. The van der Waals surface area contributed by atoms with Gasteiger partial charge in [-0.05, 0) is 19.4 Å². The molecule has 0 aromatic carbocycles. The zero-order chi connectivity index (χ0) is 8.57. The van der Waals surface area contributed by atoms with Gasteiger partial charge in [0, 0.05) is 11.9 Å². The van der Waals surface area contributed by atoms with Crippen LogP contribution in [0, 0.1) is 0 Å². The Bertz CT molecular complexity index is 116. The fraction of sp³-hybridized carbons (Fsp3) is 0.444. The maximum Gasteiger partial charge on any atom is 0.0301 e. The van der Waals surface area contributed by atoms with E-state index in [4.69, 9.17) is 0 Å². The molecule has 0 unspecified atom stereocenters. The summed E-state index contributed by atoms with van der Waals surface area (Å²) in [5, 5.41) is 0. The first-order valence-electron chi connectivity index (χ1n) is 3.48. The third-order valence-corrected chi connectivity index (χ3v) is 0.505. The highest BCUT2D eigenvalue weighted by Crippen LogP contribution is 1.88. The largest absolute Gasteiger partial charge is 0.262 e. The summed E-state index contributed by atoms with van der Waals surface area (Å²) >= 11 is 0. The lowest BCUT2D eigenvalue weighted by molar-refractivity contribution is 1.33. The second-order valence-electron chi connectivity index (χ2n) is 1.84. The van der Waals surface area contributed by atoms with Gasteiger partial charge < -0.3 is 0 Å². The lowest BCUT2D eigenvalue weighted by atomic mass is 10.4. The number of rotatable bonds is 2. The highest BCUT2D eigenvalue weighted by atomic mass is 14.7. The Kier molecular flexibility index (Phi) is 9.69. The second kappa shape index (κ2) is 8.15. The van der Waals surface area contributed by atoms with Crippen LogP contribution in [0.25, 0.3) is 0 Å². The summed E-state index contributed by atoms with van der Waals surface area (Å²) in [5.74, 6) is 0. The minimum Gasteiger partial charge on any atom is -0.262 e. The van der Waals surface area contributed by atoms with Gasteiger partial charge in [-0.1, -0.05) is 27.0 Å². The molecular formula is C9H17N. The molecule has 0 saturated carbocycles. The summed E-state index contributed by atoms with van der Waals surface area (Å²) in [7, 11) is 0. The molecule has 0 aliphatic rings. The predicted molar refractivity (Wildman–Crippen MR) is 49.5 cm³/mol. The summed E-state index contributed by atoms with van der Waals surface area (Å²) in [5.41, 5.74) is 1.76. The Morgan fingerprint density at radius 3 is 1.70 bits per heavy atom. The van der Waals surface area contributed by atoms with E-state index in [9.17, 15) is 0 Å². The van der Waals surface area contributed by atoms with Crippen LogP contribution >= 0.6 is 0 Å². The zero-order valence-corrected chi connectivity index (χ0v) is 7.44. The molecule has 58 valence electrons. The van der Waals surface area contributed by atoms with E-state index < -0.39 is 0 Å². The molecule has 10 heavy (non-hydrogen) atoms. The van der Waals surface area contributed by atoms with Crippen molar-refractivity contribution in [2.45, 2.75) is 27.7 Å². The summed E-state index contributed by atoms with van der Waals surface area (Å²) in [4.78, 5) is 3.91. The van der Waals surface area contributed by atoms with Crippen molar-refractivity contribution >= 4 is 6.21 Å². The van der Waals surface area contributed by atoms with Crippen LogP contribution in [0.2, 0.25) is 0 Å². The van der Waals surface area contributed by atoms with Gasteiger partial charge in [0.1, 0.15) is 0 Å². The summed E-state index contributed by atoms with van der Waals surface area (Å²) < 4.78 is 0. The Labute approximate surface area is 64.2 Å². The van der Waals surface area contributed by atoms with Crippen molar-refractivity contribution in [1.29, 1.82) is 0 Å². The Balaban J connectivity index is 0. The van der Waals surface area contributed by atoms with Crippen molar-refractivity contribution in [1.82, 2.24) is 0 Å². The molecule has 0 aliphatic heterocycles. The van der Waals surface area contributed by atoms with Gasteiger partial charge in [0.05, 0.1) is 0 Å². The smallest absolute Gasteiger partial charge is 0.0301 e. The standard InChI is InChI=1S/C7H11N.C2H6/c1-6(2)5-8-7(3)4;1-2/h5H,1,3H2,2,4H3;1-2H3.